The van der Waals surface area contributed by atoms with Gasteiger partial charge in [-0.15, -0.1) is 0 Å². The smallest absolute Gasteiger partial charge is 0.460 e. The number of carbonyl (C=O) groups is 1. The summed E-state index contributed by atoms with van der Waals surface area (Å²) < 4.78 is 292. The van der Waals surface area contributed by atoms with Gasteiger partial charge in [-0.05, 0) is 0 Å². The van der Waals surface area contributed by atoms with E-state index in [1.165, 1.54) is 0 Å². The van der Waals surface area contributed by atoms with Crippen LogP contribution in [0.4, 0.5) is 96.6 Å². The number of aliphatic carboxylic acids is 1. The number of carboxylic acids is 1. The number of carboxylic acid groups (broad SMARTS) is 1. The van der Waals surface area contributed by atoms with Gasteiger partial charge in [0.05, 0.1) is 20.6 Å². The van der Waals surface area contributed by atoms with Crippen molar-refractivity contribution in [1.29, 1.82) is 0 Å². The van der Waals surface area contributed by atoms with Gasteiger partial charge in [0, 0.05) is 6.42 Å². The van der Waals surface area contributed by atoms with Gasteiger partial charge in [0.1, 0.15) is 0 Å². The van der Waals surface area contributed by atoms with Crippen molar-refractivity contribution >= 4 is 5.97 Å². The summed E-state index contributed by atoms with van der Waals surface area (Å²) in [6, 6.07) is 0. The highest BCUT2D eigenvalue weighted by molar-refractivity contribution is 5.67. The molecule has 1 atom stereocenters. The van der Waals surface area contributed by atoms with Gasteiger partial charge in [0.25, 0.3) is 0 Å². The quantitative estimate of drug-likeness (QED) is 0.156. The van der Waals surface area contributed by atoms with Crippen LogP contribution < -0.4 is 0 Å². The maximum absolute atomic E-state index is 13.9. The molecule has 0 saturated heterocycles. The monoisotopic (exact) mass is 682 g/mol. The molecule has 0 rings (SSSR count). The molecule has 25 heteroatoms. The number of alkyl halides is 22. The molecule has 0 aromatic rings. The van der Waals surface area contributed by atoms with Gasteiger partial charge in [0.2, 0.25) is 0 Å². The summed E-state index contributed by atoms with van der Waals surface area (Å²) >= 11 is 0. The Labute approximate surface area is 217 Å². The number of hydrogen-bond donors (Lipinski definition) is 1. The number of rotatable bonds is 14. The van der Waals surface area contributed by atoms with Crippen LogP contribution in [0.2, 0.25) is 0 Å². The molecule has 0 aromatic heterocycles. The van der Waals surface area contributed by atoms with E-state index < -0.39 is 95.6 Å². The molecular weight excluding hydrogens is 668 g/mol. The number of nitrogens with zero attached hydrogens (tertiary/aromatic N) is 1. The minimum absolute atomic E-state index is 0.737. The summed E-state index contributed by atoms with van der Waals surface area (Å²) in [4.78, 5) is 10.6. The van der Waals surface area contributed by atoms with E-state index in [2.05, 4.69) is 0 Å². The van der Waals surface area contributed by atoms with Crippen molar-refractivity contribution in [1.82, 2.24) is 0 Å². The van der Waals surface area contributed by atoms with Crippen LogP contribution in [-0.2, 0) is 4.79 Å². The minimum Gasteiger partial charge on any atom is -0.477 e. The largest absolute Gasteiger partial charge is 0.477 e. The van der Waals surface area contributed by atoms with Crippen LogP contribution in [0.1, 0.15) is 6.42 Å². The molecule has 0 amide bonds. The summed E-state index contributed by atoms with van der Waals surface area (Å²) in [5.41, 5.74) is 0. The molecule has 42 heavy (non-hydrogen) atoms. The molecule has 0 spiro atoms. The average Bonchev–Trinajstić information content (AvgIpc) is 2.74. The lowest BCUT2D eigenvalue weighted by molar-refractivity contribution is -0.883. The van der Waals surface area contributed by atoms with Crippen molar-refractivity contribution < 1.29 is 111 Å². The van der Waals surface area contributed by atoms with Crippen LogP contribution >= 0.6 is 0 Å². The Bertz CT molecular complexity index is 984. The maximum Gasteiger partial charge on any atom is 0.460 e. The number of quaternary nitrogens is 1. The van der Waals surface area contributed by atoms with Gasteiger partial charge in [0.15, 0.2) is 12.7 Å². The van der Waals surface area contributed by atoms with E-state index in [0.29, 0.717) is 0 Å². The molecule has 0 radical (unpaired) electrons. The predicted octanol–water partition coefficient (Wildman–Crippen LogP) is 7.16. The van der Waals surface area contributed by atoms with Crippen molar-refractivity contribution in [3.8, 4) is 0 Å². The molecule has 1 unspecified atom stereocenters. The van der Waals surface area contributed by atoms with E-state index in [0.717, 1.165) is 14.1 Å². The number of likely N-dealkylation sites (N-methyl/N-ethyl adjacent to an activating group) is 1. The van der Waals surface area contributed by atoms with Crippen LogP contribution in [0, 0.1) is 0 Å². The van der Waals surface area contributed by atoms with E-state index in [9.17, 15) is 101 Å². The predicted molar refractivity (Wildman–Crippen MR) is 89.6 cm³/mol. The molecular formula is C17H14F22NO2+. The highest BCUT2D eigenvalue weighted by atomic mass is 19.4. The molecule has 3 nitrogen and oxygen atoms in total. The van der Waals surface area contributed by atoms with Gasteiger partial charge in [-0.2, -0.15) is 92.2 Å². The van der Waals surface area contributed by atoms with Gasteiger partial charge in [-0.3, -0.25) is 0 Å². The molecule has 0 aromatic carbocycles. The maximum atomic E-state index is 13.9. The van der Waals surface area contributed by atoms with Crippen LogP contribution in [-0.4, -0.2) is 108 Å². The molecule has 0 saturated carbocycles. The third-order valence-electron chi connectivity index (χ3n) is 5.48. The first-order valence-corrected chi connectivity index (χ1v) is 9.94. The summed E-state index contributed by atoms with van der Waals surface area (Å²) in [6.07, 6.45) is -15.2. The summed E-state index contributed by atoms with van der Waals surface area (Å²) in [5, 5.41) is 8.54. The zero-order valence-electron chi connectivity index (χ0n) is 19.8. The Kier molecular flexibility index (Phi) is 9.98. The molecule has 0 aliphatic rings. The Morgan fingerprint density at radius 2 is 0.810 bits per heavy atom. The molecule has 0 aliphatic heterocycles. The fourth-order valence-corrected chi connectivity index (χ4v) is 2.86. The highest BCUT2D eigenvalue weighted by Crippen LogP contribution is 2.66. The highest BCUT2D eigenvalue weighted by Gasteiger charge is 2.98. The lowest BCUT2D eigenvalue weighted by atomic mass is 9.85. The average molecular weight is 682 g/mol. The lowest BCUT2D eigenvalue weighted by Crippen LogP contribution is -2.77. The first kappa shape index (κ1) is 39.9. The second kappa shape index (κ2) is 10.5. The molecule has 0 heterocycles. The SMILES string of the molecule is C[N+](C)(CCC(F)C(F)(F)C(F)(F)C(F)(F)C(F)(F)C(F)(F)C(F)(F)C(F)(F)C(F)(F)C(F)(F)C(F)(F)F)CC(=O)O. The van der Waals surface area contributed by atoms with Crippen molar-refractivity contribution in [2.24, 2.45) is 0 Å². The normalized spacial score (nSPS) is 17.0. The molecule has 0 fully saturated rings. The second-order valence-corrected chi connectivity index (χ2v) is 9.18. The van der Waals surface area contributed by atoms with Gasteiger partial charge >= 0.3 is 65.4 Å². The Hall–Kier alpha value is -2.11. The van der Waals surface area contributed by atoms with E-state index in [-0.39, 0.29) is 0 Å². The number of hydrogen-bond acceptors (Lipinski definition) is 1. The first-order chi connectivity index (χ1) is 17.8. The summed E-state index contributed by atoms with van der Waals surface area (Å²) in [6.45, 7) is -2.51. The topological polar surface area (TPSA) is 37.3 Å². The lowest BCUT2D eigenvalue weighted by Gasteiger charge is -2.44. The van der Waals surface area contributed by atoms with Crippen molar-refractivity contribution in [3.63, 3.8) is 0 Å². The van der Waals surface area contributed by atoms with E-state index in [1.807, 2.05) is 0 Å². The van der Waals surface area contributed by atoms with Crippen LogP contribution in [0.5, 0.6) is 0 Å². The van der Waals surface area contributed by atoms with Crippen LogP contribution in [0.25, 0.3) is 0 Å². The Balaban J connectivity index is 6.86. The molecule has 0 aliphatic carbocycles. The third kappa shape index (κ3) is 5.61. The van der Waals surface area contributed by atoms with E-state index in [4.69, 9.17) is 5.11 Å². The van der Waals surface area contributed by atoms with E-state index in [1.54, 1.807) is 0 Å². The molecule has 1 N–H and O–H groups in total. The first-order valence-electron chi connectivity index (χ1n) is 9.94. The third-order valence-corrected chi connectivity index (χ3v) is 5.48. The van der Waals surface area contributed by atoms with Crippen molar-refractivity contribution in [2.45, 2.75) is 72.1 Å². The fourth-order valence-electron chi connectivity index (χ4n) is 2.86. The Morgan fingerprint density at radius 3 is 1.07 bits per heavy atom. The summed E-state index contributed by atoms with van der Waals surface area (Å²) in [7, 11) is 1.47. The van der Waals surface area contributed by atoms with Gasteiger partial charge in [-0.1, -0.05) is 0 Å². The zero-order valence-corrected chi connectivity index (χ0v) is 19.8. The minimum atomic E-state index is -9.30. The fraction of sp³-hybridized carbons (Fsp3) is 0.941. The van der Waals surface area contributed by atoms with Crippen LogP contribution in [0.3, 0.4) is 0 Å². The molecule has 0 bridgehead atoms. The van der Waals surface area contributed by atoms with E-state index >= 15 is 0 Å². The number of halogens is 22. The van der Waals surface area contributed by atoms with Crippen molar-refractivity contribution in [2.75, 3.05) is 27.2 Å². The van der Waals surface area contributed by atoms with Crippen molar-refractivity contribution in [3.05, 3.63) is 0 Å². The molecule has 252 valence electrons. The second-order valence-electron chi connectivity index (χ2n) is 9.18. The van der Waals surface area contributed by atoms with Crippen LogP contribution in [0.15, 0.2) is 0 Å². The Morgan fingerprint density at radius 1 is 0.548 bits per heavy atom. The van der Waals surface area contributed by atoms with Gasteiger partial charge in [-0.25, -0.2) is 9.18 Å². The summed E-state index contributed by atoms with van der Waals surface area (Å²) in [5.74, 6) is -80.9. The van der Waals surface area contributed by atoms with Gasteiger partial charge < -0.3 is 9.59 Å². The zero-order chi connectivity index (χ0) is 34.8. The standard InChI is InChI=1S/C17H13F22NO2/c1-40(2,5-7(41)42)4-3-6(18)8(19,20)9(21,22)10(23,24)11(25,26)12(27,28)13(29,30)14(31,32)15(33,34)16(35,36)17(37,38)39/h6H,3-5H2,1-2H3/p+1.